The van der Waals surface area contributed by atoms with Gasteiger partial charge in [-0.3, -0.25) is 0 Å². The molecule has 3 nitrogen and oxygen atoms in total. The van der Waals surface area contributed by atoms with Crippen LogP contribution in [0.2, 0.25) is 0 Å². The van der Waals surface area contributed by atoms with Crippen LogP contribution in [0.1, 0.15) is 44.2 Å². The summed E-state index contributed by atoms with van der Waals surface area (Å²) in [4.78, 5) is 2.35. The second-order valence-electron chi connectivity index (χ2n) is 5.24. The number of nitrogens with zero attached hydrogens (tertiary/aromatic N) is 1. The molecule has 0 bridgehead atoms. The van der Waals surface area contributed by atoms with Crippen LogP contribution in [0.5, 0.6) is 0 Å². The summed E-state index contributed by atoms with van der Waals surface area (Å²) in [5.74, 6) is 0. The SMILES string of the molecule is C[C@@H](N)c1ccc(N(CCO)C2CCCC2)cc1. The quantitative estimate of drug-likeness (QED) is 0.841. The fourth-order valence-corrected chi connectivity index (χ4v) is 2.82. The van der Waals surface area contributed by atoms with Crippen LogP contribution in [0.3, 0.4) is 0 Å². The zero-order valence-corrected chi connectivity index (χ0v) is 11.2. The molecule has 1 aliphatic rings. The smallest absolute Gasteiger partial charge is 0.0606 e. The van der Waals surface area contributed by atoms with Gasteiger partial charge in [-0.15, -0.1) is 0 Å². The number of aliphatic hydroxyl groups is 1. The molecule has 1 fully saturated rings. The molecule has 100 valence electrons. The molecule has 1 aromatic rings. The van der Waals surface area contributed by atoms with E-state index >= 15 is 0 Å². The van der Waals surface area contributed by atoms with E-state index in [1.807, 2.05) is 6.92 Å². The van der Waals surface area contributed by atoms with E-state index in [4.69, 9.17) is 5.73 Å². The Bertz CT molecular complexity index is 355. The van der Waals surface area contributed by atoms with Gasteiger partial charge in [-0.2, -0.15) is 0 Å². The van der Waals surface area contributed by atoms with Crippen molar-refractivity contribution < 1.29 is 5.11 Å². The molecule has 3 N–H and O–H groups in total. The Hall–Kier alpha value is -1.06. The third-order valence-electron chi connectivity index (χ3n) is 3.86. The van der Waals surface area contributed by atoms with Crippen LogP contribution in [0.25, 0.3) is 0 Å². The molecule has 0 heterocycles. The predicted molar refractivity (Wildman–Crippen MR) is 75.7 cm³/mol. The van der Waals surface area contributed by atoms with Gasteiger partial charge in [0.25, 0.3) is 0 Å². The van der Waals surface area contributed by atoms with E-state index in [0.29, 0.717) is 6.04 Å². The molecule has 0 saturated heterocycles. The monoisotopic (exact) mass is 248 g/mol. The Morgan fingerprint density at radius 3 is 2.39 bits per heavy atom. The van der Waals surface area contributed by atoms with Crippen LogP contribution in [0, 0.1) is 0 Å². The zero-order valence-electron chi connectivity index (χ0n) is 11.2. The number of anilines is 1. The molecular weight excluding hydrogens is 224 g/mol. The molecule has 0 unspecified atom stereocenters. The number of benzene rings is 1. The summed E-state index contributed by atoms with van der Waals surface area (Å²) in [6.07, 6.45) is 5.11. The van der Waals surface area contributed by atoms with Crippen molar-refractivity contribution in [3.05, 3.63) is 29.8 Å². The maximum atomic E-state index is 9.24. The molecule has 1 saturated carbocycles. The van der Waals surface area contributed by atoms with Crippen molar-refractivity contribution in [1.29, 1.82) is 0 Å². The minimum absolute atomic E-state index is 0.0804. The van der Waals surface area contributed by atoms with Crippen LogP contribution in [-0.4, -0.2) is 24.3 Å². The molecular formula is C15H24N2O. The Morgan fingerprint density at radius 2 is 1.89 bits per heavy atom. The van der Waals surface area contributed by atoms with Gasteiger partial charge < -0.3 is 15.7 Å². The molecule has 0 spiro atoms. The van der Waals surface area contributed by atoms with Crippen LogP contribution >= 0.6 is 0 Å². The third-order valence-corrected chi connectivity index (χ3v) is 3.86. The average molecular weight is 248 g/mol. The highest BCUT2D eigenvalue weighted by molar-refractivity contribution is 5.49. The third kappa shape index (κ3) is 3.03. The normalized spacial score (nSPS) is 17.9. The van der Waals surface area contributed by atoms with Crippen molar-refractivity contribution in [2.75, 3.05) is 18.1 Å². The van der Waals surface area contributed by atoms with E-state index in [1.54, 1.807) is 0 Å². The molecule has 1 aliphatic carbocycles. The van der Waals surface area contributed by atoms with Gasteiger partial charge in [0.2, 0.25) is 0 Å². The summed E-state index contributed by atoms with van der Waals surface area (Å²) in [7, 11) is 0. The summed E-state index contributed by atoms with van der Waals surface area (Å²) < 4.78 is 0. The minimum atomic E-state index is 0.0804. The first-order valence-electron chi connectivity index (χ1n) is 6.95. The molecule has 0 amide bonds. The molecule has 2 rings (SSSR count). The zero-order chi connectivity index (χ0) is 13.0. The number of hydrogen-bond donors (Lipinski definition) is 2. The Labute approximate surface area is 110 Å². The van der Waals surface area contributed by atoms with Gasteiger partial charge in [-0.05, 0) is 37.5 Å². The summed E-state index contributed by atoms with van der Waals surface area (Å²) in [6, 6.07) is 9.13. The van der Waals surface area contributed by atoms with Gasteiger partial charge in [-0.1, -0.05) is 25.0 Å². The highest BCUT2D eigenvalue weighted by Crippen LogP contribution is 2.28. The Morgan fingerprint density at radius 1 is 1.28 bits per heavy atom. The first kappa shape index (κ1) is 13.4. The summed E-state index contributed by atoms with van der Waals surface area (Å²) in [5, 5.41) is 9.24. The molecule has 0 aliphatic heterocycles. The van der Waals surface area contributed by atoms with Gasteiger partial charge in [0, 0.05) is 24.3 Å². The van der Waals surface area contributed by atoms with E-state index in [9.17, 15) is 5.11 Å². The fraction of sp³-hybridized carbons (Fsp3) is 0.600. The van der Waals surface area contributed by atoms with Crippen molar-refractivity contribution in [2.45, 2.75) is 44.7 Å². The van der Waals surface area contributed by atoms with Gasteiger partial charge >= 0.3 is 0 Å². The largest absolute Gasteiger partial charge is 0.395 e. The first-order valence-corrected chi connectivity index (χ1v) is 6.95. The van der Waals surface area contributed by atoms with E-state index in [0.717, 1.165) is 12.1 Å². The van der Waals surface area contributed by atoms with E-state index < -0.39 is 0 Å². The number of nitrogens with two attached hydrogens (primary N) is 1. The second-order valence-corrected chi connectivity index (χ2v) is 5.24. The fourth-order valence-electron chi connectivity index (χ4n) is 2.82. The summed E-state index contributed by atoms with van der Waals surface area (Å²) in [5.41, 5.74) is 8.24. The highest BCUT2D eigenvalue weighted by atomic mass is 16.3. The van der Waals surface area contributed by atoms with Gasteiger partial charge in [0.1, 0.15) is 0 Å². The first-order chi connectivity index (χ1) is 8.72. The molecule has 0 radical (unpaired) electrons. The van der Waals surface area contributed by atoms with E-state index in [1.165, 1.54) is 31.4 Å². The molecule has 3 heteroatoms. The lowest BCUT2D eigenvalue weighted by molar-refractivity contribution is 0.297. The standard InChI is InChI=1S/C15H24N2O/c1-12(16)13-6-8-15(9-7-13)17(10-11-18)14-4-2-3-5-14/h6-9,12,14,18H,2-5,10-11,16H2,1H3/t12-/m1/s1. The maximum absolute atomic E-state index is 9.24. The van der Waals surface area contributed by atoms with E-state index in [-0.39, 0.29) is 12.6 Å². The van der Waals surface area contributed by atoms with Crippen LogP contribution < -0.4 is 10.6 Å². The molecule has 1 atom stereocenters. The lowest BCUT2D eigenvalue weighted by Crippen LogP contribution is -2.35. The lowest BCUT2D eigenvalue weighted by atomic mass is 10.1. The minimum Gasteiger partial charge on any atom is -0.395 e. The van der Waals surface area contributed by atoms with Crippen molar-refractivity contribution in [2.24, 2.45) is 5.73 Å². The summed E-state index contributed by atoms with van der Waals surface area (Å²) in [6.45, 7) is 2.94. The maximum Gasteiger partial charge on any atom is 0.0606 e. The molecule has 0 aromatic heterocycles. The van der Waals surface area contributed by atoms with Crippen molar-refractivity contribution >= 4 is 5.69 Å². The van der Waals surface area contributed by atoms with Crippen molar-refractivity contribution in [3.8, 4) is 0 Å². The predicted octanol–water partition coefficient (Wildman–Crippen LogP) is 2.45. The van der Waals surface area contributed by atoms with Crippen LogP contribution in [0.15, 0.2) is 24.3 Å². The number of hydrogen-bond acceptors (Lipinski definition) is 3. The van der Waals surface area contributed by atoms with Gasteiger partial charge in [-0.25, -0.2) is 0 Å². The Balaban J connectivity index is 2.14. The molecule has 18 heavy (non-hydrogen) atoms. The van der Waals surface area contributed by atoms with E-state index in [2.05, 4.69) is 29.2 Å². The van der Waals surface area contributed by atoms with Gasteiger partial charge in [0.05, 0.1) is 6.61 Å². The van der Waals surface area contributed by atoms with Crippen LogP contribution in [0.4, 0.5) is 5.69 Å². The summed E-state index contributed by atoms with van der Waals surface area (Å²) >= 11 is 0. The van der Waals surface area contributed by atoms with Crippen LogP contribution in [-0.2, 0) is 0 Å². The average Bonchev–Trinajstić information content (AvgIpc) is 2.90. The van der Waals surface area contributed by atoms with Crippen molar-refractivity contribution in [3.63, 3.8) is 0 Å². The molecule has 1 aromatic carbocycles. The second kappa shape index (κ2) is 6.21. The van der Waals surface area contributed by atoms with Gasteiger partial charge in [0.15, 0.2) is 0 Å². The highest BCUT2D eigenvalue weighted by Gasteiger charge is 2.22. The van der Waals surface area contributed by atoms with Crippen molar-refractivity contribution in [1.82, 2.24) is 0 Å². The topological polar surface area (TPSA) is 49.5 Å². The Kier molecular flexibility index (Phi) is 4.61. The number of rotatable bonds is 5. The number of aliphatic hydroxyl groups excluding tert-OH is 1. The lowest BCUT2D eigenvalue weighted by Gasteiger charge is -2.30.